The van der Waals surface area contributed by atoms with Crippen LogP contribution in [0, 0.1) is 0 Å². The fourth-order valence-corrected chi connectivity index (χ4v) is 4.68. The van der Waals surface area contributed by atoms with E-state index in [0.29, 0.717) is 15.6 Å². The van der Waals surface area contributed by atoms with Gasteiger partial charge < -0.3 is 5.32 Å². The summed E-state index contributed by atoms with van der Waals surface area (Å²) in [5.74, 6) is -0.400. The molecule has 0 aliphatic rings. The maximum atomic E-state index is 13.3. The monoisotopic (exact) mass is 476 g/mol. The molecule has 1 amide bonds. The van der Waals surface area contributed by atoms with Gasteiger partial charge in [0, 0.05) is 16.6 Å². The second-order valence-corrected chi connectivity index (χ2v) is 9.86. The second-order valence-electron chi connectivity index (χ2n) is 7.05. The van der Waals surface area contributed by atoms with Crippen LogP contribution >= 0.6 is 23.2 Å². The molecule has 0 bridgehead atoms. The third kappa shape index (κ3) is 6.31. The Hall–Kier alpha value is -2.38. The molecule has 31 heavy (non-hydrogen) atoms. The molecule has 162 valence electrons. The number of carbonyl (C=O) groups is 1. The molecule has 0 aromatic heterocycles. The number of nitrogens with one attached hydrogen (secondary N) is 1. The highest BCUT2D eigenvalue weighted by Crippen LogP contribution is 2.21. The van der Waals surface area contributed by atoms with Crippen molar-refractivity contribution >= 4 is 39.1 Å². The molecule has 0 spiro atoms. The summed E-state index contributed by atoms with van der Waals surface area (Å²) < 4.78 is 27.7. The van der Waals surface area contributed by atoms with E-state index in [2.05, 4.69) is 5.32 Å². The average Bonchev–Trinajstić information content (AvgIpc) is 2.75. The number of carbonyl (C=O) groups excluding carboxylic acids is 1. The van der Waals surface area contributed by atoms with E-state index in [-0.39, 0.29) is 24.0 Å². The van der Waals surface area contributed by atoms with Crippen LogP contribution in [-0.4, -0.2) is 25.2 Å². The van der Waals surface area contributed by atoms with Gasteiger partial charge in [0.15, 0.2) is 0 Å². The van der Waals surface area contributed by atoms with Crippen molar-refractivity contribution < 1.29 is 13.2 Å². The third-order valence-corrected chi connectivity index (χ3v) is 7.03. The van der Waals surface area contributed by atoms with Crippen LogP contribution in [-0.2, 0) is 21.4 Å². The number of nitrogens with zero attached hydrogens (tertiary/aromatic N) is 1. The third-order valence-electron chi connectivity index (χ3n) is 4.72. The zero-order chi connectivity index (χ0) is 22.4. The lowest BCUT2D eigenvalue weighted by atomic mass is 10.1. The summed E-state index contributed by atoms with van der Waals surface area (Å²) >= 11 is 11.8. The molecule has 0 saturated heterocycles. The zero-order valence-corrected chi connectivity index (χ0v) is 19.2. The van der Waals surface area contributed by atoms with E-state index in [1.54, 1.807) is 24.3 Å². The fourth-order valence-electron chi connectivity index (χ4n) is 3.05. The van der Waals surface area contributed by atoms with Gasteiger partial charge >= 0.3 is 0 Å². The van der Waals surface area contributed by atoms with Gasteiger partial charge in [-0.25, -0.2) is 8.42 Å². The van der Waals surface area contributed by atoms with E-state index >= 15 is 0 Å². The van der Waals surface area contributed by atoms with Crippen molar-refractivity contribution in [2.75, 3.05) is 6.54 Å². The van der Waals surface area contributed by atoms with Crippen LogP contribution in [0.25, 0.3) is 0 Å². The lowest BCUT2D eigenvalue weighted by molar-refractivity contribution is -0.122. The maximum Gasteiger partial charge on any atom is 0.243 e. The fraction of sp³-hybridized carbons (Fsp3) is 0.174. The first-order valence-electron chi connectivity index (χ1n) is 9.60. The van der Waals surface area contributed by atoms with Crippen molar-refractivity contribution in [2.45, 2.75) is 24.4 Å². The van der Waals surface area contributed by atoms with E-state index in [1.807, 2.05) is 37.3 Å². The molecule has 3 aromatic carbocycles. The van der Waals surface area contributed by atoms with Crippen LogP contribution in [0.1, 0.15) is 24.1 Å². The molecule has 0 fully saturated rings. The Balaban J connectivity index is 1.83. The molecule has 3 rings (SSSR count). The van der Waals surface area contributed by atoms with Gasteiger partial charge in [-0.2, -0.15) is 4.31 Å². The number of rotatable bonds is 8. The molecule has 3 aromatic rings. The predicted molar refractivity (Wildman–Crippen MR) is 123 cm³/mol. The summed E-state index contributed by atoms with van der Waals surface area (Å²) in [7, 11) is -3.94. The zero-order valence-electron chi connectivity index (χ0n) is 16.8. The van der Waals surface area contributed by atoms with Crippen LogP contribution in [0.3, 0.4) is 0 Å². The van der Waals surface area contributed by atoms with Gasteiger partial charge in [-0.05, 0) is 54.4 Å². The molecule has 0 saturated carbocycles. The normalized spacial score (nSPS) is 12.5. The Bertz CT molecular complexity index is 1120. The topological polar surface area (TPSA) is 66.5 Å². The standard InChI is InChI=1S/C23H22Cl2N2O3S/c1-17(19-5-3-2-4-6-19)26-23(28)16-27(15-18-7-9-20(24)10-8-18)31(29,30)22-13-11-21(25)12-14-22/h2-14,17H,15-16H2,1H3,(H,26,28)/t17-/m1/s1. The Morgan fingerprint density at radius 3 is 2.03 bits per heavy atom. The summed E-state index contributed by atoms with van der Waals surface area (Å²) in [4.78, 5) is 12.8. The summed E-state index contributed by atoms with van der Waals surface area (Å²) in [5, 5.41) is 3.84. The molecule has 0 unspecified atom stereocenters. The molecule has 1 N–H and O–H groups in total. The van der Waals surface area contributed by atoms with Gasteiger partial charge in [0.2, 0.25) is 15.9 Å². The summed E-state index contributed by atoms with van der Waals surface area (Å²) in [5.41, 5.74) is 1.64. The van der Waals surface area contributed by atoms with E-state index < -0.39 is 15.9 Å². The SMILES string of the molecule is C[C@@H](NC(=O)CN(Cc1ccc(Cl)cc1)S(=O)(=O)c1ccc(Cl)cc1)c1ccccc1. The van der Waals surface area contributed by atoms with Crippen LogP contribution in [0.4, 0.5) is 0 Å². The summed E-state index contributed by atoms with van der Waals surface area (Å²) in [6.07, 6.45) is 0. The number of amides is 1. The second kappa shape index (κ2) is 10.3. The lowest BCUT2D eigenvalue weighted by Crippen LogP contribution is -2.41. The van der Waals surface area contributed by atoms with Crippen LogP contribution in [0.2, 0.25) is 10.0 Å². The van der Waals surface area contributed by atoms with Crippen molar-refractivity contribution in [2.24, 2.45) is 0 Å². The lowest BCUT2D eigenvalue weighted by Gasteiger charge is -2.23. The number of hydrogen-bond donors (Lipinski definition) is 1. The molecule has 1 atom stereocenters. The van der Waals surface area contributed by atoms with Gasteiger partial charge in [-0.1, -0.05) is 65.7 Å². The van der Waals surface area contributed by atoms with E-state index in [4.69, 9.17) is 23.2 Å². The maximum absolute atomic E-state index is 13.3. The van der Waals surface area contributed by atoms with E-state index in [1.165, 1.54) is 24.3 Å². The van der Waals surface area contributed by atoms with Gasteiger partial charge in [-0.3, -0.25) is 4.79 Å². The quantitative estimate of drug-likeness (QED) is 0.493. The minimum atomic E-state index is -3.94. The van der Waals surface area contributed by atoms with E-state index in [0.717, 1.165) is 9.87 Å². The number of benzene rings is 3. The van der Waals surface area contributed by atoms with E-state index in [9.17, 15) is 13.2 Å². The van der Waals surface area contributed by atoms with Gasteiger partial charge in [-0.15, -0.1) is 0 Å². The minimum Gasteiger partial charge on any atom is -0.348 e. The van der Waals surface area contributed by atoms with Crippen molar-refractivity contribution in [3.05, 3.63) is 100 Å². The van der Waals surface area contributed by atoms with Crippen LogP contribution in [0.5, 0.6) is 0 Å². The van der Waals surface area contributed by atoms with Crippen molar-refractivity contribution in [3.63, 3.8) is 0 Å². The Morgan fingerprint density at radius 1 is 0.903 bits per heavy atom. The minimum absolute atomic E-state index is 0.0231. The largest absolute Gasteiger partial charge is 0.348 e. The molecule has 0 radical (unpaired) electrons. The summed E-state index contributed by atoms with van der Waals surface area (Å²) in [6.45, 7) is 1.55. The highest BCUT2D eigenvalue weighted by molar-refractivity contribution is 7.89. The van der Waals surface area contributed by atoms with Gasteiger partial charge in [0.25, 0.3) is 0 Å². The predicted octanol–water partition coefficient (Wildman–Crippen LogP) is 5.06. The molecule has 5 nitrogen and oxygen atoms in total. The first kappa shape index (κ1) is 23.3. The number of halogens is 2. The number of sulfonamides is 1. The van der Waals surface area contributed by atoms with Gasteiger partial charge in [0.05, 0.1) is 17.5 Å². The smallest absolute Gasteiger partial charge is 0.243 e. The first-order chi connectivity index (χ1) is 14.8. The van der Waals surface area contributed by atoms with Crippen molar-refractivity contribution in [1.82, 2.24) is 9.62 Å². The van der Waals surface area contributed by atoms with Gasteiger partial charge in [0.1, 0.15) is 0 Å². The highest BCUT2D eigenvalue weighted by atomic mass is 35.5. The summed E-state index contributed by atoms with van der Waals surface area (Å²) in [6, 6.07) is 21.9. The molecule has 0 aliphatic carbocycles. The number of hydrogen-bond acceptors (Lipinski definition) is 3. The molecule has 8 heteroatoms. The van der Waals surface area contributed by atoms with Crippen molar-refractivity contribution in [3.8, 4) is 0 Å². The van der Waals surface area contributed by atoms with Crippen LogP contribution in [0.15, 0.2) is 83.8 Å². The molecule has 0 aliphatic heterocycles. The average molecular weight is 477 g/mol. The van der Waals surface area contributed by atoms with Crippen LogP contribution < -0.4 is 5.32 Å². The molecule has 0 heterocycles. The Labute approximate surface area is 192 Å². The molecular formula is C23H22Cl2N2O3S. The first-order valence-corrected chi connectivity index (χ1v) is 11.8. The Kier molecular flexibility index (Phi) is 7.73. The molecular weight excluding hydrogens is 455 g/mol. The Morgan fingerprint density at radius 2 is 1.45 bits per heavy atom. The highest BCUT2D eigenvalue weighted by Gasteiger charge is 2.27. The van der Waals surface area contributed by atoms with Crippen molar-refractivity contribution in [1.29, 1.82) is 0 Å².